The number of hydrogen-bond acceptors (Lipinski definition) is 2. The van der Waals surface area contributed by atoms with Gasteiger partial charge in [-0.3, -0.25) is 4.55 Å². The summed E-state index contributed by atoms with van der Waals surface area (Å²) in [6.45, 7) is 0. The van der Waals surface area contributed by atoms with Gasteiger partial charge in [-0.2, -0.15) is 8.42 Å². The van der Waals surface area contributed by atoms with Gasteiger partial charge in [0, 0.05) is 0 Å². The molecule has 0 rings (SSSR count). The van der Waals surface area contributed by atoms with Gasteiger partial charge >= 0.3 is 43.3 Å². The molecule has 0 amide bonds. The summed E-state index contributed by atoms with van der Waals surface area (Å²) in [6.07, 6.45) is 0. The molecule has 0 radical (unpaired) electrons. The van der Waals surface area contributed by atoms with E-state index in [0.29, 0.717) is 12.7 Å². The topological polar surface area (TPSA) is 80.4 Å². The second-order valence-electron chi connectivity index (χ2n) is 0.560. The van der Waals surface area contributed by atoms with Gasteiger partial charge in [-0.05, 0) is 0 Å². The summed E-state index contributed by atoms with van der Waals surface area (Å²) in [5, 5.41) is 3.88. The van der Waals surface area contributed by atoms with Gasteiger partial charge in [-0.25, -0.2) is 5.14 Å². The Morgan fingerprint density at radius 1 is 1.50 bits per heavy atom. The molecule has 0 saturated heterocycles. The second kappa shape index (κ2) is 6.07. The van der Waals surface area contributed by atoms with E-state index in [9.17, 15) is 0 Å². The molecule has 8 heavy (non-hydrogen) atoms. The fraction of sp³-hybridized carbons (Fsp3) is 0. The van der Waals surface area contributed by atoms with Crippen molar-refractivity contribution in [1.29, 1.82) is 0 Å². The van der Waals surface area contributed by atoms with Crippen LogP contribution in [0.2, 0.25) is 0 Å². The maximum absolute atomic E-state index is 8.97. The van der Waals surface area contributed by atoms with Gasteiger partial charge in [0.15, 0.2) is 0 Å². The van der Waals surface area contributed by atoms with Crippen LogP contribution in [0.4, 0.5) is 0 Å². The molecule has 0 aromatic carbocycles. The third-order valence-corrected chi connectivity index (χ3v) is 0. The van der Waals surface area contributed by atoms with Crippen molar-refractivity contribution < 1.29 is 25.6 Å². The van der Waals surface area contributed by atoms with Crippen LogP contribution in [-0.4, -0.2) is 13.0 Å². The first-order chi connectivity index (χ1) is 3.41. The molecule has 3 N–H and O–H groups in total. The first-order valence-electron chi connectivity index (χ1n) is 0.991. The Kier molecular flexibility index (Phi) is 8.88. The molecule has 0 aromatic rings. The maximum atomic E-state index is 8.97. The minimum absolute atomic E-state index is 0.569. The van der Waals surface area contributed by atoms with Crippen LogP contribution in [0.3, 0.4) is 0 Å². The molecule has 0 aromatic heterocycles. The Bertz CT molecular complexity index is 111. The first kappa shape index (κ1) is 11.7. The Morgan fingerprint density at radius 2 is 1.50 bits per heavy atom. The van der Waals surface area contributed by atoms with Gasteiger partial charge < -0.3 is 0 Å². The van der Waals surface area contributed by atoms with Crippen molar-refractivity contribution in [2.24, 2.45) is 5.14 Å². The summed E-state index contributed by atoms with van der Waals surface area (Å²) in [5.74, 6) is 0. The van der Waals surface area contributed by atoms with Crippen LogP contribution in [0.25, 0.3) is 0 Å². The van der Waals surface area contributed by atoms with E-state index in [4.69, 9.17) is 33.4 Å². The van der Waals surface area contributed by atoms with Gasteiger partial charge in [0.05, 0.1) is 0 Å². The molecule has 0 saturated carbocycles. The van der Waals surface area contributed by atoms with Crippen LogP contribution in [0.1, 0.15) is 0 Å². The van der Waals surface area contributed by atoms with Crippen molar-refractivity contribution in [3.63, 3.8) is 0 Å². The normalized spacial score (nSPS) is 10.0. The summed E-state index contributed by atoms with van der Waals surface area (Å²) in [5.41, 5.74) is 0. The fourth-order valence-electron chi connectivity index (χ4n) is 0. The number of nitrogens with two attached hydrogens (primary N) is 1. The van der Waals surface area contributed by atoms with Crippen molar-refractivity contribution in [2.75, 3.05) is 0 Å². The summed E-state index contributed by atoms with van der Waals surface area (Å²) in [7, 11) is 5.24. The van der Waals surface area contributed by atoms with Crippen molar-refractivity contribution in [3.05, 3.63) is 0 Å². The molecular formula is H3Cl2NNiO3S. The zero-order valence-electron chi connectivity index (χ0n) is 3.32. The van der Waals surface area contributed by atoms with Gasteiger partial charge in [-0.1, -0.05) is 0 Å². The van der Waals surface area contributed by atoms with E-state index in [-0.39, 0.29) is 0 Å². The third-order valence-electron chi connectivity index (χ3n) is 0. The van der Waals surface area contributed by atoms with Gasteiger partial charge in [-0.15, -0.1) is 0 Å². The Balaban J connectivity index is 0. The molecule has 0 atom stereocenters. The van der Waals surface area contributed by atoms with E-state index in [1.54, 1.807) is 0 Å². The van der Waals surface area contributed by atoms with E-state index in [2.05, 4.69) is 5.14 Å². The zero-order chi connectivity index (χ0) is 7.21. The average Bonchev–Trinajstić information content (AvgIpc) is 1.27. The fourth-order valence-corrected chi connectivity index (χ4v) is 0. The second-order valence-corrected chi connectivity index (χ2v) is 3.22. The number of halogens is 2. The van der Waals surface area contributed by atoms with Crippen LogP contribution in [-0.2, 0) is 23.0 Å². The third kappa shape index (κ3) is 276. The van der Waals surface area contributed by atoms with Gasteiger partial charge in [0.2, 0.25) is 0 Å². The van der Waals surface area contributed by atoms with Crippen LogP contribution in [0, 0.1) is 0 Å². The van der Waals surface area contributed by atoms with Gasteiger partial charge in [0.1, 0.15) is 0 Å². The standard InChI is InChI=1S/2ClH.H3NO3S.Ni/c;;1-5(2,3)4;/h2*1H;(H3,1,2,3,4);/q;;;+2/p-2. The van der Waals surface area contributed by atoms with Crippen LogP contribution in [0.15, 0.2) is 0 Å². The van der Waals surface area contributed by atoms with E-state index in [1.807, 2.05) is 0 Å². The summed E-state index contributed by atoms with van der Waals surface area (Å²) in [6, 6.07) is 0. The molecule has 0 heterocycles. The molecule has 8 heteroatoms. The molecular weight excluding hydrogens is 224 g/mol. The molecule has 4 nitrogen and oxygen atoms in total. The number of hydrogen-bond donors (Lipinski definition) is 2. The van der Waals surface area contributed by atoms with E-state index >= 15 is 0 Å². The molecule has 0 fully saturated rings. The van der Waals surface area contributed by atoms with Crippen LogP contribution in [0.5, 0.6) is 0 Å². The Labute approximate surface area is 61.6 Å². The van der Waals surface area contributed by atoms with Crippen LogP contribution < -0.4 is 5.14 Å². The zero-order valence-corrected chi connectivity index (χ0v) is 6.64. The average molecular weight is 227 g/mol. The molecule has 0 aliphatic heterocycles. The quantitative estimate of drug-likeness (QED) is 0.455. The summed E-state index contributed by atoms with van der Waals surface area (Å²) < 4.78 is 25.2. The van der Waals surface area contributed by atoms with Crippen molar-refractivity contribution in [1.82, 2.24) is 0 Å². The summed E-state index contributed by atoms with van der Waals surface area (Å²) >= 11 is 0.569. The monoisotopic (exact) mass is 225 g/mol. The minimum atomic E-state index is -4.17. The number of rotatable bonds is 0. The Morgan fingerprint density at radius 3 is 1.50 bits per heavy atom. The SMILES string of the molecule is NS(=O)(=O)O.[Cl][Ni][Cl]. The van der Waals surface area contributed by atoms with Crippen molar-refractivity contribution in [3.8, 4) is 0 Å². The predicted molar refractivity (Wildman–Crippen MR) is 27.4 cm³/mol. The molecule has 0 bridgehead atoms. The molecule has 56 valence electrons. The molecule has 0 spiro atoms. The first-order valence-corrected chi connectivity index (χ1v) is 5.21. The van der Waals surface area contributed by atoms with E-state index in [0.717, 1.165) is 0 Å². The molecule has 0 unspecified atom stereocenters. The van der Waals surface area contributed by atoms with E-state index < -0.39 is 10.3 Å². The van der Waals surface area contributed by atoms with Crippen molar-refractivity contribution >= 4 is 30.7 Å². The van der Waals surface area contributed by atoms with E-state index in [1.165, 1.54) is 0 Å². The predicted octanol–water partition coefficient (Wildman–Crippen LogP) is 0.124. The van der Waals surface area contributed by atoms with Gasteiger partial charge in [0.25, 0.3) is 0 Å². The molecule has 0 aliphatic carbocycles. The van der Waals surface area contributed by atoms with Crippen LogP contribution >= 0.6 is 20.4 Å². The van der Waals surface area contributed by atoms with Crippen molar-refractivity contribution in [2.45, 2.75) is 0 Å². The Hall–Kier alpha value is 0.944. The summed E-state index contributed by atoms with van der Waals surface area (Å²) in [4.78, 5) is 0. The molecule has 0 aliphatic rings.